The summed E-state index contributed by atoms with van der Waals surface area (Å²) in [5.41, 5.74) is 20.7. The van der Waals surface area contributed by atoms with Gasteiger partial charge in [0.05, 0.1) is 11.4 Å². The minimum Gasteiger partial charge on any atom is -0.368 e. The maximum Gasteiger partial charge on any atom is 0.212 e. The van der Waals surface area contributed by atoms with E-state index in [-0.39, 0.29) is 11.9 Å². The third-order valence-electron chi connectivity index (χ3n) is 3.03. The predicted octanol–water partition coefficient (Wildman–Crippen LogP) is 1.99. The second-order valence-corrected chi connectivity index (χ2v) is 4.82. The molecule has 0 atom stereocenters. The van der Waals surface area contributed by atoms with Crippen LogP contribution in [0.5, 0.6) is 0 Å². The number of guanidine groups is 2. The maximum atomic E-state index is 5.81. The van der Waals surface area contributed by atoms with E-state index in [0.717, 1.165) is 22.5 Å². The number of hydrogen-bond donors (Lipinski definition) is 4. The number of benzene rings is 2. The summed E-state index contributed by atoms with van der Waals surface area (Å²) in [5.74, 6) is 0.412. The first-order chi connectivity index (χ1) is 10.6. The summed E-state index contributed by atoms with van der Waals surface area (Å²) in [5, 5.41) is 0. The standard InChI is InChI=1S/C16H20N6/c1-11-7-3-5-9-13(11)19-15(17)21-22-16(18)20-14-10-6-4-8-12(14)2/h3-10H,1-2H3,(H3,17,19,21)(H3,18,20,22). The van der Waals surface area contributed by atoms with Crippen LogP contribution in [0.3, 0.4) is 0 Å². The van der Waals surface area contributed by atoms with Crippen LogP contribution in [0.15, 0.2) is 58.5 Å². The van der Waals surface area contributed by atoms with E-state index in [1.165, 1.54) is 0 Å². The molecular weight excluding hydrogens is 276 g/mol. The highest BCUT2D eigenvalue weighted by Crippen LogP contribution is 2.17. The van der Waals surface area contributed by atoms with Crippen LogP contribution in [0.4, 0.5) is 11.4 Å². The molecule has 0 amide bonds. The molecule has 0 saturated heterocycles. The highest BCUT2D eigenvalue weighted by atomic mass is 15.4. The number of aryl methyl sites for hydroxylation is 2. The van der Waals surface area contributed by atoms with Gasteiger partial charge in [-0.2, -0.15) is 0 Å². The van der Waals surface area contributed by atoms with Gasteiger partial charge >= 0.3 is 0 Å². The van der Waals surface area contributed by atoms with E-state index in [4.69, 9.17) is 11.5 Å². The molecule has 6 N–H and O–H groups in total. The molecule has 22 heavy (non-hydrogen) atoms. The fraction of sp³-hybridized carbons (Fsp3) is 0.125. The summed E-state index contributed by atoms with van der Waals surface area (Å²) in [7, 11) is 0. The highest BCUT2D eigenvalue weighted by Gasteiger charge is 1.99. The second kappa shape index (κ2) is 7.12. The Hall–Kier alpha value is -3.02. The Morgan fingerprint density at radius 3 is 1.45 bits per heavy atom. The molecule has 2 aromatic rings. The second-order valence-electron chi connectivity index (χ2n) is 4.82. The van der Waals surface area contributed by atoms with Crippen LogP contribution in [-0.2, 0) is 0 Å². The predicted molar refractivity (Wildman–Crippen MR) is 91.2 cm³/mol. The molecule has 6 heteroatoms. The van der Waals surface area contributed by atoms with Crippen LogP contribution in [0.1, 0.15) is 11.1 Å². The zero-order chi connectivity index (χ0) is 15.9. The van der Waals surface area contributed by atoms with E-state index in [2.05, 4.69) is 20.8 Å². The summed E-state index contributed by atoms with van der Waals surface area (Å²) >= 11 is 0. The van der Waals surface area contributed by atoms with Crippen LogP contribution in [-0.4, -0.2) is 11.9 Å². The smallest absolute Gasteiger partial charge is 0.212 e. The molecule has 0 bridgehead atoms. The molecule has 0 aliphatic heterocycles. The molecule has 0 unspecified atom stereocenters. The van der Waals surface area contributed by atoms with E-state index in [0.29, 0.717) is 0 Å². The minimum absolute atomic E-state index is 0.206. The number of nitrogens with one attached hydrogen (secondary N) is 2. The van der Waals surface area contributed by atoms with Gasteiger partial charge in [-0.1, -0.05) is 36.4 Å². The van der Waals surface area contributed by atoms with E-state index < -0.39 is 0 Å². The van der Waals surface area contributed by atoms with Crippen LogP contribution >= 0.6 is 0 Å². The van der Waals surface area contributed by atoms with Gasteiger partial charge < -0.3 is 11.5 Å². The van der Waals surface area contributed by atoms with Gasteiger partial charge in [-0.15, -0.1) is 0 Å². The number of rotatable bonds is 2. The average molecular weight is 296 g/mol. The number of nitrogens with two attached hydrogens (primary N) is 2. The van der Waals surface area contributed by atoms with Crippen molar-refractivity contribution in [3.63, 3.8) is 0 Å². The largest absolute Gasteiger partial charge is 0.368 e. The summed E-state index contributed by atoms with van der Waals surface area (Å²) in [6.45, 7) is 3.93. The van der Waals surface area contributed by atoms with Gasteiger partial charge in [-0.3, -0.25) is 10.9 Å². The third kappa shape index (κ3) is 4.24. The Morgan fingerprint density at radius 1 is 0.727 bits per heavy atom. The van der Waals surface area contributed by atoms with Crippen LogP contribution in [0.25, 0.3) is 0 Å². The van der Waals surface area contributed by atoms with Gasteiger partial charge in [0, 0.05) is 0 Å². The lowest BCUT2D eigenvalue weighted by atomic mass is 10.2. The molecule has 0 heterocycles. The molecule has 114 valence electrons. The van der Waals surface area contributed by atoms with Crippen LogP contribution < -0.4 is 22.3 Å². The SMILES string of the molecule is Cc1ccccc1N=C(N)NNC(N)=Nc1ccccc1C. The van der Waals surface area contributed by atoms with Gasteiger partial charge in [-0.05, 0) is 37.1 Å². The quantitative estimate of drug-likeness (QED) is 0.387. The zero-order valence-electron chi connectivity index (χ0n) is 12.7. The van der Waals surface area contributed by atoms with Crippen molar-refractivity contribution in [3.05, 3.63) is 59.7 Å². The summed E-state index contributed by atoms with van der Waals surface area (Å²) in [6, 6.07) is 15.4. The first-order valence-corrected chi connectivity index (χ1v) is 6.88. The third-order valence-corrected chi connectivity index (χ3v) is 3.03. The fourth-order valence-electron chi connectivity index (χ4n) is 1.82. The average Bonchev–Trinajstić information content (AvgIpc) is 2.50. The van der Waals surface area contributed by atoms with Gasteiger partial charge in [0.25, 0.3) is 0 Å². The van der Waals surface area contributed by atoms with E-state index in [9.17, 15) is 0 Å². The minimum atomic E-state index is 0.206. The van der Waals surface area contributed by atoms with Crippen LogP contribution in [0, 0.1) is 13.8 Å². The van der Waals surface area contributed by atoms with Crippen molar-refractivity contribution in [1.29, 1.82) is 0 Å². The van der Waals surface area contributed by atoms with Gasteiger partial charge in [0.2, 0.25) is 11.9 Å². The monoisotopic (exact) mass is 296 g/mol. The van der Waals surface area contributed by atoms with Crippen molar-refractivity contribution in [2.45, 2.75) is 13.8 Å². The number of aliphatic imine (C=N–C) groups is 2. The lowest BCUT2D eigenvalue weighted by molar-refractivity contribution is 0.844. The molecule has 0 fully saturated rings. The molecule has 0 aliphatic carbocycles. The number of nitrogens with zero attached hydrogens (tertiary/aromatic N) is 2. The molecule has 0 aliphatic rings. The summed E-state index contributed by atoms with van der Waals surface area (Å²) in [4.78, 5) is 8.53. The van der Waals surface area contributed by atoms with Crippen LogP contribution in [0.2, 0.25) is 0 Å². The number of hydrazine groups is 1. The zero-order valence-corrected chi connectivity index (χ0v) is 12.7. The van der Waals surface area contributed by atoms with E-state index in [1.807, 2.05) is 62.4 Å². The Balaban J connectivity index is 2.00. The van der Waals surface area contributed by atoms with Crippen molar-refractivity contribution < 1.29 is 0 Å². The molecule has 6 nitrogen and oxygen atoms in total. The van der Waals surface area contributed by atoms with E-state index >= 15 is 0 Å². The lowest BCUT2D eigenvalue weighted by Gasteiger charge is -2.09. The summed E-state index contributed by atoms with van der Waals surface area (Å²) < 4.78 is 0. The fourth-order valence-corrected chi connectivity index (χ4v) is 1.82. The molecule has 0 saturated carbocycles. The molecule has 2 rings (SSSR count). The molecule has 0 spiro atoms. The first kappa shape index (κ1) is 15.4. The topological polar surface area (TPSA) is 101 Å². The Morgan fingerprint density at radius 2 is 1.09 bits per heavy atom. The Labute approximate surface area is 129 Å². The van der Waals surface area contributed by atoms with Gasteiger partial charge in [0.1, 0.15) is 0 Å². The Kier molecular flexibility index (Phi) is 4.98. The van der Waals surface area contributed by atoms with Crippen molar-refractivity contribution >= 4 is 23.3 Å². The molecule has 0 aromatic heterocycles. The van der Waals surface area contributed by atoms with Gasteiger partial charge in [-0.25, -0.2) is 9.98 Å². The van der Waals surface area contributed by atoms with Gasteiger partial charge in [0.15, 0.2) is 0 Å². The summed E-state index contributed by atoms with van der Waals surface area (Å²) in [6.07, 6.45) is 0. The molecular formula is C16H20N6. The number of para-hydroxylation sites is 2. The van der Waals surface area contributed by atoms with Crippen molar-refractivity contribution in [1.82, 2.24) is 10.9 Å². The van der Waals surface area contributed by atoms with Crippen molar-refractivity contribution in [3.8, 4) is 0 Å². The maximum absolute atomic E-state index is 5.81. The number of hydrogen-bond acceptors (Lipinski definition) is 2. The van der Waals surface area contributed by atoms with Crippen molar-refractivity contribution in [2.24, 2.45) is 21.5 Å². The lowest BCUT2D eigenvalue weighted by Crippen LogP contribution is -2.48. The van der Waals surface area contributed by atoms with E-state index in [1.54, 1.807) is 0 Å². The first-order valence-electron chi connectivity index (χ1n) is 6.88. The Bertz CT molecular complexity index is 644. The molecule has 2 aromatic carbocycles. The van der Waals surface area contributed by atoms with Crippen molar-refractivity contribution in [2.75, 3.05) is 0 Å². The normalized spacial score (nSPS) is 12.1. The highest BCUT2D eigenvalue weighted by molar-refractivity contribution is 5.86. The molecule has 0 radical (unpaired) electrons.